The lowest BCUT2D eigenvalue weighted by atomic mass is 10.0. The van der Waals surface area contributed by atoms with Crippen molar-refractivity contribution >= 4 is 0 Å². The predicted molar refractivity (Wildman–Crippen MR) is 97.3 cm³/mol. The fourth-order valence-corrected chi connectivity index (χ4v) is 2.58. The second kappa shape index (κ2) is 13.2. The number of aromatic hydroxyl groups is 1. The SMILES string of the molecule is C/C=C/CCCC/C=C/CCCCCCc1cccc(O)c1. The number of phenols is 1. The molecule has 0 fully saturated rings. The third kappa shape index (κ3) is 10.3. The molecule has 1 heteroatoms. The molecule has 0 saturated carbocycles. The quantitative estimate of drug-likeness (QED) is 0.341. The maximum Gasteiger partial charge on any atom is 0.115 e. The van der Waals surface area contributed by atoms with Crippen LogP contribution in [0.5, 0.6) is 5.75 Å². The minimum atomic E-state index is 0.383. The first-order valence-corrected chi connectivity index (χ1v) is 8.87. The third-order valence-electron chi connectivity index (χ3n) is 3.89. The van der Waals surface area contributed by atoms with Crippen LogP contribution in [0.2, 0.25) is 0 Å². The molecule has 0 bridgehead atoms. The van der Waals surface area contributed by atoms with Gasteiger partial charge in [0.05, 0.1) is 0 Å². The molecule has 0 heterocycles. The van der Waals surface area contributed by atoms with E-state index in [1.54, 1.807) is 6.07 Å². The summed E-state index contributed by atoms with van der Waals surface area (Å²) in [5, 5.41) is 9.41. The zero-order chi connectivity index (χ0) is 15.9. The number of hydrogen-bond acceptors (Lipinski definition) is 1. The maximum absolute atomic E-state index is 9.41. The summed E-state index contributed by atoms with van der Waals surface area (Å²) < 4.78 is 0. The summed E-state index contributed by atoms with van der Waals surface area (Å²) in [6, 6.07) is 7.63. The lowest BCUT2D eigenvalue weighted by molar-refractivity contribution is 0.474. The minimum absolute atomic E-state index is 0.383. The Hall–Kier alpha value is -1.50. The van der Waals surface area contributed by atoms with E-state index in [0.29, 0.717) is 5.75 Å². The molecular weight excluding hydrogens is 268 g/mol. The fourth-order valence-electron chi connectivity index (χ4n) is 2.58. The van der Waals surface area contributed by atoms with Gasteiger partial charge in [-0.2, -0.15) is 0 Å². The van der Waals surface area contributed by atoms with Crippen molar-refractivity contribution < 1.29 is 5.11 Å². The Morgan fingerprint density at radius 1 is 0.818 bits per heavy atom. The summed E-state index contributed by atoms with van der Waals surface area (Å²) in [7, 11) is 0. The molecule has 0 aromatic heterocycles. The van der Waals surface area contributed by atoms with Crippen LogP contribution in [0.3, 0.4) is 0 Å². The van der Waals surface area contributed by atoms with E-state index in [1.165, 1.54) is 63.4 Å². The van der Waals surface area contributed by atoms with Gasteiger partial charge in [-0.15, -0.1) is 0 Å². The first-order chi connectivity index (χ1) is 10.8. The van der Waals surface area contributed by atoms with Crippen LogP contribution in [0.25, 0.3) is 0 Å². The maximum atomic E-state index is 9.41. The summed E-state index contributed by atoms with van der Waals surface area (Å²) in [6.45, 7) is 2.09. The van der Waals surface area contributed by atoms with Crippen molar-refractivity contribution in [3.63, 3.8) is 0 Å². The van der Waals surface area contributed by atoms with E-state index in [9.17, 15) is 5.11 Å². The minimum Gasteiger partial charge on any atom is -0.508 e. The second-order valence-electron chi connectivity index (χ2n) is 5.95. The van der Waals surface area contributed by atoms with Gasteiger partial charge >= 0.3 is 0 Å². The fraction of sp³-hybridized carbons (Fsp3) is 0.524. The Morgan fingerprint density at radius 2 is 1.45 bits per heavy atom. The summed E-state index contributed by atoms with van der Waals surface area (Å²) in [5.41, 5.74) is 1.25. The molecule has 1 nitrogen and oxygen atoms in total. The highest BCUT2D eigenvalue weighted by molar-refractivity contribution is 5.27. The van der Waals surface area contributed by atoms with Crippen molar-refractivity contribution in [1.29, 1.82) is 0 Å². The van der Waals surface area contributed by atoms with E-state index in [0.717, 1.165) is 6.42 Å². The molecule has 1 rings (SSSR count). The molecular formula is C21H32O. The Balaban J connectivity index is 1.89. The number of aryl methyl sites for hydroxylation is 1. The van der Waals surface area contributed by atoms with Crippen LogP contribution in [-0.4, -0.2) is 5.11 Å². The van der Waals surface area contributed by atoms with Gasteiger partial charge in [0.15, 0.2) is 0 Å². The number of benzene rings is 1. The van der Waals surface area contributed by atoms with Gasteiger partial charge in [-0.25, -0.2) is 0 Å². The van der Waals surface area contributed by atoms with Crippen molar-refractivity contribution in [3.05, 3.63) is 54.1 Å². The van der Waals surface area contributed by atoms with Crippen LogP contribution in [0.15, 0.2) is 48.6 Å². The predicted octanol–water partition coefficient (Wildman–Crippen LogP) is 6.58. The van der Waals surface area contributed by atoms with E-state index in [-0.39, 0.29) is 0 Å². The Morgan fingerprint density at radius 3 is 2.14 bits per heavy atom. The lowest BCUT2D eigenvalue weighted by Gasteiger charge is -2.02. The normalized spacial score (nSPS) is 11.7. The van der Waals surface area contributed by atoms with E-state index in [4.69, 9.17) is 0 Å². The van der Waals surface area contributed by atoms with Crippen LogP contribution in [0.1, 0.15) is 70.3 Å². The van der Waals surface area contributed by atoms with Crippen LogP contribution in [0, 0.1) is 0 Å². The Kier molecular flexibility index (Phi) is 11.1. The number of phenolic OH excluding ortho intramolecular Hbond substituents is 1. The standard InChI is InChI=1S/C21H32O/c1-2-3-4-5-6-7-8-9-10-11-12-13-14-16-20-17-15-18-21(22)19-20/h2-3,8-9,15,17-19,22H,4-7,10-14,16H2,1H3/b3-2+,9-8+. The third-order valence-corrected chi connectivity index (χ3v) is 3.89. The highest BCUT2D eigenvalue weighted by Gasteiger charge is 1.95. The van der Waals surface area contributed by atoms with Crippen LogP contribution >= 0.6 is 0 Å². The number of rotatable bonds is 12. The topological polar surface area (TPSA) is 20.2 Å². The van der Waals surface area contributed by atoms with Crippen molar-refractivity contribution in [1.82, 2.24) is 0 Å². The van der Waals surface area contributed by atoms with E-state index < -0.39 is 0 Å². The zero-order valence-electron chi connectivity index (χ0n) is 14.1. The van der Waals surface area contributed by atoms with Gasteiger partial charge in [0, 0.05) is 0 Å². The molecule has 0 saturated heterocycles. The summed E-state index contributed by atoms with van der Waals surface area (Å²) in [6.07, 6.45) is 21.6. The Bertz CT molecular complexity index is 431. The average molecular weight is 300 g/mol. The van der Waals surface area contributed by atoms with E-state index in [1.807, 2.05) is 12.1 Å². The highest BCUT2D eigenvalue weighted by Crippen LogP contribution is 2.14. The molecule has 0 aliphatic heterocycles. The van der Waals surface area contributed by atoms with Crippen LogP contribution < -0.4 is 0 Å². The molecule has 0 spiro atoms. The van der Waals surface area contributed by atoms with E-state index >= 15 is 0 Å². The molecule has 0 radical (unpaired) electrons. The molecule has 22 heavy (non-hydrogen) atoms. The molecule has 122 valence electrons. The summed E-state index contributed by atoms with van der Waals surface area (Å²) >= 11 is 0. The zero-order valence-corrected chi connectivity index (χ0v) is 14.1. The molecule has 0 aliphatic rings. The Labute approximate surface area is 136 Å². The van der Waals surface area contributed by atoms with Crippen LogP contribution in [0.4, 0.5) is 0 Å². The molecule has 0 unspecified atom stereocenters. The summed E-state index contributed by atoms with van der Waals surface area (Å²) in [5.74, 6) is 0.383. The molecule has 1 aromatic rings. The first-order valence-electron chi connectivity index (χ1n) is 8.87. The smallest absolute Gasteiger partial charge is 0.115 e. The second-order valence-corrected chi connectivity index (χ2v) is 5.95. The van der Waals surface area contributed by atoms with Crippen molar-refractivity contribution in [2.45, 2.75) is 71.1 Å². The number of allylic oxidation sites excluding steroid dienone is 4. The van der Waals surface area contributed by atoms with Gasteiger partial charge in [0.2, 0.25) is 0 Å². The number of hydrogen-bond donors (Lipinski definition) is 1. The first kappa shape index (κ1) is 18.5. The van der Waals surface area contributed by atoms with Crippen molar-refractivity contribution in [2.75, 3.05) is 0 Å². The lowest BCUT2D eigenvalue weighted by Crippen LogP contribution is -1.85. The summed E-state index contributed by atoms with van der Waals surface area (Å²) in [4.78, 5) is 0. The highest BCUT2D eigenvalue weighted by atomic mass is 16.3. The average Bonchev–Trinajstić information content (AvgIpc) is 2.52. The van der Waals surface area contributed by atoms with Gasteiger partial charge in [0.25, 0.3) is 0 Å². The number of unbranched alkanes of at least 4 members (excludes halogenated alkanes) is 7. The monoisotopic (exact) mass is 300 g/mol. The van der Waals surface area contributed by atoms with Crippen LogP contribution in [-0.2, 0) is 6.42 Å². The molecule has 1 N–H and O–H groups in total. The van der Waals surface area contributed by atoms with Gasteiger partial charge in [-0.3, -0.25) is 0 Å². The molecule has 1 aromatic carbocycles. The van der Waals surface area contributed by atoms with Gasteiger partial charge in [-0.05, 0) is 76.0 Å². The molecule has 0 atom stereocenters. The van der Waals surface area contributed by atoms with Gasteiger partial charge in [-0.1, -0.05) is 49.3 Å². The van der Waals surface area contributed by atoms with Crippen molar-refractivity contribution in [3.8, 4) is 5.75 Å². The van der Waals surface area contributed by atoms with Gasteiger partial charge < -0.3 is 5.11 Å². The van der Waals surface area contributed by atoms with E-state index in [2.05, 4.69) is 37.3 Å². The van der Waals surface area contributed by atoms with Gasteiger partial charge in [0.1, 0.15) is 5.75 Å². The largest absolute Gasteiger partial charge is 0.508 e. The molecule has 0 amide bonds. The van der Waals surface area contributed by atoms with Crippen molar-refractivity contribution in [2.24, 2.45) is 0 Å². The molecule has 0 aliphatic carbocycles.